The van der Waals surface area contributed by atoms with Crippen molar-refractivity contribution in [3.63, 3.8) is 0 Å². The summed E-state index contributed by atoms with van der Waals surface area (Å²) in [6, 6.07) is 14.8. The summed E-state index contributed by atoms with van der Waals surface area (Å²) in [6.07, 6.45) is 0. The summed E-state index contributed by atoms with van der Waals surface area (Å²) >= 11 is 1.35. The van der Waals surface area contributed by atoms with Crippen LogP contribution < -0.4 is 9.47 Å². The molecule has 1 aromatic heterocycles. The molecule has 0 N–H and O–H groups in total. The van der Waals surface area contributed by atoms with Gasteiger partial charge in [-0.25, -0.2) is 0 Å². The molecule has 0 aliphatic heterocycles. The van der Waals surface area contributed by atoms with E-state index in [1.165, 1.54) is 11.8 Å². The molecule has 2 aromatic carbocycles. The van der Waals surface area contributed by atoms with E-state index in [2.05, 4.69) is 10.2 Å². The second-order valence-corrected chi connectivity index (χ2v) is 6.45. The average Bonchev–Trinajstić information content (AvgIpc) is 3.06. The molecule has 3 rings (SSSR count). The van der Waals surface area contributed by atoms with E-state index in [-0.39, 0.29) is 11.5 Å². The highest BCUT2D eigenvalue weighted by molar-refractivity contribution is 7.99. The van der Waals surface area contributed by atoms with Crippen molar-refractivity contribution < 1.29 is 14.3 Å². The molecule has 0 saturated carbocycles. The number of hydrogen-bond acceptors (Lipinski definition) is 6. The van der Waals surface area contributed by atoms with Crippen molar-refractivity contribution >= 4 is 17.5 Å². The zero-order valence-corrected chi connectivity index (χ0v) is 15.6. The van der Waals surface area contributed by atoms with Gasteiger partial charge in [0.2, 0.25) is 0 Å². The second kappa shape index (κ2) is 8.05. The number of hydrogen-bond donors (Lipinski definition) is 0. The van der Waals surface area contributed by atoms with Crippen LogP contribution in [0.1, 0.15) is 10.4 Å². The van der Waals surface area contributed by atoms with Gasteiger partial charge in [-0.2, -0.15) is 0 Å². The zero-order chi connectivity index (χ0) is 18.5. The minimum atomic E-state index is -0.0154. The van der Waals surface area contributed by atoms with Gasteiger partial charge in [0.15, 0.2) is 16.8 Å². The molecule has 0 bridgehead atoms. The number of methoxy groups -OCH3 is 2. The molecule has 26 heavy (non-hydrogen) atoms. The van der Waals surface area contributed by atoms with Crippen molar-refractivity contribution in [2.75, 3.05) is 20.0 Å². The van der Waals surface area contributed by atoms with E-state index in [1.807, 2.05) is 48.0 Å². The fourth-order valence-electron chi connectivity index (χ4n) is 2.54. The number of thioether (sulfide) groups is 1. The van der Waals surface area contributed by atoms with Gasteiger partial charge in [0, 0.05) is 12.6 Å². The van der Waals surface area contributed by atoms with E-state index in [9.17, 15) is 4.79 Å². The molecule has 1 heterocycles. The number of para-hydroxylation sites is 1. The Morgan fingerprint density at radius 3 is 2.65 bits per heavy atom. The standard InChI is InChI=1S/C19H19N3O3S/c1-22-18(13-7-6-8-14(11-13)24-2)20-21-19(22)26-12-16(23)15-9-4-5-10-17(15)25-3/h4-11H,12H2,1-3H3. The van der Waals surface area contributed by atoms with Crippen LogP contribution in [-0.4, -0.2) is 40.5 Å². The molecule has 3 aromatic rings. The maximum atomic E-state index is 12.5. The minimum Gasteiger partial charge on any atom is -0.497 e. The fourth-order valence-corrected chi connectivity index (χ4v) is 3.33. The number of ketones is 1. The van der Waals surface area contributed by atoms with Gasteiger partial charge in [-0.05, 0) is 24.3 Å². The van der Waals surface area contributed by atoms with Crippen molar-refractivity contribution in [1.82, 2.24) is 14.8 Å². The normalized spacial score (nSPS) is 10.6. The molecule has 0 aliphatic carbocycles. The SMILES string of the molecule is COc1cccc(-c2nnc(SCC(=O)c3ccccc3OC)n2C)c1. The second-order valence-electron chi connectivity index (χ2n) is 5.51. The summed E-state index contributed by atoms with van der Waals surface area (Å²) in [4.78, 5) is 12.5. The van der Waals surface area contributed by atoms with E-state index >= 15 is 0 Å². The first-order chi connectivity index (χ1) is 12.6. The summed E-state index contributed by atoms with van der Waals surface area (Å²) in [5.74, 6) is 2.29. The van der Waals surface area contributed by atoms with Crippen LogP contribution in [-0.2, 0) is 7.05 Å². The highest BCUT2D eigenvalue weighted by Gasteiger charge is 2.16. The Labute approximate surface area is 156 Å². The van der Waals surface area contributed by atoms with Gasteiger partial charge < -0.3 is 14.0 Å². The molecule has 0 fully saturated rings. The van der Waals surface area contributed by atoms with Crippen LogP contribution >= 0.6 is 11.8 Å². The summed E-state index contributed by atoms with van der Waals surface area (Å²) in [7, 11) is 5.06. The third kappa shape index (κ3) is 3.72. The first kappa shape index (κ1) is 18.0. The Bertz CT molecular complexity index is 924. The summed E-state index contributed by atoms with van der Waals surface area (Å²) in [6.45, 7) is 0. The fraction of sp³-hybridized carbons (Fsp3) is 0.211. The van der Waals surface area contributed by atoms with Gasteiger partial charge in [0.1, 0.15) is 11.5 Å². The van der Waals surface area contributed by atoms with Gasteiger partial charge in [-0.3, -0.25) is 4.79 Å². The Kier molecular flexibility index (Phi) is 5.58. The van der Waals surface area contributed by atoms with Crippen molar-refractivity contribution in [2.45, 2.75) is 5.16 Å². The monoisotopic (exact) mass is 369 g/mol. The third-order valence-electron chi connectivity index (χ3n) is 3.90. The Balaban J connectivity index is 1.75. The van der Waals surface area contributed by atoms with E-state index < -0.39 is 0 Å². The number of ether oxygens (including phenoxy) is 2. The topological polar surface area (TPSA) is 66.2 Å². The molecule has 134 valence electrons. The molecule has 0 saturated heterocycles. The van der Waals surface area contributed by atoms with Crippen LogP contribution in [0, 0.1) is 0 Å². The molecule has 6 nitrogen and oxygen atoms in total. The predicted octanol–water partition coefficient (Wildman–Crippen LogP) is 3.47. The maximum Gasteiger partial charge on any atom is 0.191 e. The Hall–Kier alpha value is -2.80. The third-order valence-corrected chi connectivity index (χ3v) is 4.92. The van der Waals surface area contributed by atoms with Crippen molar-refractivity contribution in [2.24, 2.45) is 7.05 Å². The van der Waals surface area contributed by atoms with Crippen molar-refractivity contribution in [3.05, 3.63) is 54.1 Å². The van der Waals surface area contributed by atoms with Crippen molar-refractivity contribution in [3.8, 4) is 22.9 Å². The smallest absolute Gasteiger partial charge is 0.191 e. The number of Topliss-reactive ketones (excluding diaryl/α,β-unsaturated/α-hetero) is 1. The number of carbonyl (C=O) groups is 1. The van der Waals surface area contributed by atoms with Gasteiger partial charge >= 0.3 is 0 Å². The lowest BCUT2D eigenvalue weighted by atomic mass is 10.1. The molecule has 0 radical (unpaired) electrons. The summed E-state index contributed by atoms with van der Waals surface area (Å²) < 4.78 is 12.4. The van der Waals surface area contributed by atoms with E-state index in [4.69, 9.17) is 9.47 Å². The summed E-state index contributed by atoms with van der Waals surface area (Å²) in [5.41, 5.74) is 1.47. The van der Waals surface area contributed by atoms with Crippen LogP contribution in [0.25, 0.3) is 11.4 Å². The lowest BCUT2D eigenvalue weighted by Crippen LogP contribution is -2.06. The van der Waals surface area contributed by atoms with Crippen molar-refractivity contribution in [1.29, 1.82) is 0 Å². The van der Waals surface area contributed by atoms with Gasteiger partial charge in [0.05, 0.1) is 25.5 Å². The van der Waals surface area contributed by atoms with E-state index in [0.717, 1.165) is 17.1 Å². The molecular formula is C19H19N3O3S. The largest absolute Gasteiger partial charge is 0.497 e. The Morgan fingerprint density at radius 1 is 1.08 bits per heavy atom. The average molecular weight is 369 g/mol. The lowest BCUT2D eigenvalue weighted by molar-refractivity contribution is 0.101. The van der Waals surface area contributed by atoms with Crippen LogP contribution in [0.2, 0.25) is 0 Å². The number of rotatable bonds is 7. The molecule has 0 atom stereocenters. The lowest BCUT2D eigenvalue weighted by Gasteiger charge is -2.07. The molecule has 0 spiro atoms. The number of aromatic nitrogens is 3. The number of nitrogens with zero attached hydrogens (tertiary/aromatic N) is 3. The molecular weight excluding hydrogens is 350 g/mol. The summed E-state index contributed by atoms with van der Waals surface area (Å²) in [5, 5.41) is 9.13. The van der Waals surface area contributed by atoms with E-state index in [0.29, 0.717) is 16.5 Å². The molecule has 7 heteroatoms. The zero-order valence-electron chi connectivity index (χ0n) is 14.8. The van der Waals surface area contributed by atoms with Crippen LogP contribution in [0.4, 0.5) is 0 Å². The molecule has 0 aliphatic rings. The van der Waals surface area contributed by atoms with E-state index in [1.54, 1.807) is 26.4 Å². The van der Waals surface area contributed by atoms with Crippen LogP contribution in [0.5, 0.6) is 11.5 Å². The highest BCUT2D eigenvalue weighted by atomic mass is 32.2. The molecule has 0 amide bonds. The van der Waals surface area contributed by atoms with Gasteiger partial charge in [-0.15, -0.1) is 10.2 Å². The first-order valence-corrected chi connectivity index (χ1v) is 8.95. The number of benzene rings is 2. The highest BCUT2D eigenvalue weighted by Crippen LogP contribution is 2.26. The first-order valence-electron chi connectivity index (χ1n) is 7.97. The minimum absolute atomic E-state index is 0.0154. The van der Waals surface area contributed by atoms with Crippen LogP contribution in [0.3, 0.4) is 0 Å². The van der Waals surface area contributed by atoms with Gasteiger partial charge in [0.25, 0.3) is 0 Å². The van der Waals surface area contributed by atoms with Gasteiger partial charge in [-0.1, -0.05) is 36.0 Å². The quantitative estimate of drug-likeness (QED) is 0.469. The van der Waals surface area contributed by atoms with Crippen LogP contribution in [0.15, 0.2) is 53.7 Å². The Morgan fingerprint density at radius 2 is 1.88 bits per heavy atom. The predicted molar refractivity (Wildman–Crippen MR) is 101 cm³/mol. The molecule has 0 unspecified atom stereocenters. The maximum absolute atomic E-state index is 12.5. The number of carbonyl (C=O) groups excluding carboxylic acids is 1.